The molecule has 0 heterocycles. The number of anilines is 1. The largest absolute Gasteiger partial charge is 0.491 e. The number of hydrogen-bond acceptors (Lipinski definition) is 5. The van der Waals surface area contributed by atoms with E-state index in [0.29, 0.717) is 29.8 Å². The van der Waals surface area contributed by atoms with Crippen molar-refractivity contribution in [1.29, 1.82) is 5.26 Å². The fourth-order valence-electron chi connectivity index (χ4n) is 3.88. The smallest absolute Gasteiger partial charge is 0.269 e. The van der Waals surface area contributed by atoms with Gasteiger partial charge in [-0.2, -0.15) is 5.26 Å². The van der Waals surface area contributed by atoms with Crippen LogP contribution in [0.3, 0.4) is 0 Å². The van der Waals surface area contributed by atoms with E-state index in [1.807, 2.05) is 13.8 Å². The van der Waals surface area contributed by atoms with Crippen LogP contribution in [0.1, 0.15) is 57.1 Å². The van der Waals surface area contributed by atoms with Crippen molar-refractivity contribution in [2.24, 2.45) is 0 Å². The first-order valence-electron chi connectivity index (χ1n) is 10.2. The minimum atomic E-state index is -0.756. The van der Waals surface area contributed by atoms with Crippen LogP contribution in [0.25, 0.3) is 0 Å². The molecule has 7 nitrogen and oxygen atoms in total. The number of carbonyl (C=O) groups excluding carboxylic acids is 1. The zero-order valence-electron chi connectivity index (χ0n) is 17.2. The van der Waals surface area contributed by atoms with Crippen LogP contribution >= 0.6 is 0 Å². The number of benzene rings is 2. The molecule has 1 fully saturated rings. The molecule has 0 spiro atoms. The Labute approximate surface area is 175 Å². The summed E-state index contributed by atoms with van der Waals surface area (Å²) in [5.74, 6) is 0.394. The molecule has 0 aliphatic heterocycles. The van der Waals surface area contributed by atoms with Crippen molar-refractivity contribution in [3.63, 3.8) is 0 Å². The van der Waals surface area contributed by atoms with Gasteiger partial charge in [-0.25, -0.2) is 0 Å². The zero-order valence-corrected chi connectivity index (χ0v) is 17.2. The van der Waals surface area contributed by atoms with Gasteiger partial charge in [-0.15, -0.1) is 0 Å². The average molecular weight is 407 g/mol. The summed E-state index contributed by atoms with van der Waals surface area (Å²) in [6.07, 6.45) is 3.99. The van der Waals surface area contributed by atoms with Gasteiger partial charge >= 0.3 is 0 Å². The van der Waals surface area contributed by atoms with Crippen molar-refractivity contribution in [2.75, 3.05) is 5.32 Å². The molecule has 0 bridgehead atoms. The van der Waals surface area contributed by atoms with Crippen LogP contribution < -0.4 is 10.1 Å². The highest BCUT2D eigenvalue weighted by molar-refractivity contribution is 6.00. The van der Waals surface area contributed by atoms with E-state index in [1.165, 1.54) is 12.1 Å². The Morgan fingerprint density at radius 2 is 1.93 bits per heavy atom. The summed E-state index contributed by atoms with van der Waals surface area (Å²) in [7, 11) is 0. The zero-order chi connectivity index (χ0) is 21.7. The van der Waals surface area contributed by atoms with Crippen LogP contribution in [0.5, 0.6) is 5.75 Å². The van der Waals surface area contributed by atoms with Gasteiger partial charge in [0.25, 0.3) is 5.69 Å². The lowest BCUT2D eigenvalue weighted by Crippen LogP contribution is -2.38. The Bertz CT molecular complexity index is 973. The van der Waals surface area contributed by atoms with Crippen molar-refractivity contribution in [2.45, 2.75) is 57.5 Å². The number of amides is 1. The molecule has 0 saturated heterocycles. The second kappa shape index (κ2) is 8.95. The van der Waals surface area contributed by atoms with Crippen LogP contribution in [-0.4, -0.2) is 16.9 Å². The normalized spacial score (nSPS) is 15.8. The number of carbonyl (C=O) groups is 1. The van der Waals surface area contributed by atoms with E-state index in [2.05, 4.69) is 11.4 Å². The molecule has 30 heavy (non-hydrogen) atoms. The van der Waals surface area contributed by atoms with Crippen molar-refractivity contribution in [1.82, 2.24) is 0 Å². The number of rotatable bonds is 7. The Morgan fingerprint density at radius 3 is 2.50 bits per heavy atom. The second-order valence-electron chi connectivity index (χ2n) is 7.70. The summed E-state index contributed by atoms with van der Waals surface area (Å²) < 4.78 is 5.77. The highest BCUT2D eigenvalue weighted by Crippen LogP contribution is 2.42. The van der Waals surface area contributed by atoms with Gasteiger partial charge in [0.2, 0.25) is 5.91 Å². The first-order valence-corrected chi connectivity index (χ1v) is 10.2. The standard InChI is InChI=1S/C23H25N3O4/c1-3-16(2)30-20-10-11-21(17(14-20)15-24)25-22(27)23(12-4-5-13-23)18-6-8-19(9-7-18)26(28)29/h6-11,14,16H,3-5,12-13H2,1-2H3,(H,25,27)/t16-/m0/s1. The van der Waals surface area contributed by atoms with Gasteiger partial charge in [0.05, 0.1) is 27.7 Å². The lowest BCUT2D eigenvalue weighted by atomic mass is 9.78. The Kier molecular flexibility index (Phi) is 6.36. The lowest BCUT2D eigenvalue weighted by molar-refractivity contribution is -0.384. The molecule has 1 saturated carbocycles. The molecule has 0 unspecified atom stereocenters. The van der Waals surface area contributed by atoms with E-state index in [-0.39, 0.29) is 17.7 Å². The highest BCUT2D eigenvalue weighted by Gasteiger charge is 2.43. The van der Waals surface area contributed by atoms with Gasteiger partial charge in [0.1, 0.15) is 11.8 Å². The van der Waals surface area contributed by atoms with Crippen molar-refractivity contribution < 1.29 is 14.5 Å². The number of nitrogens with one attached hydrogen (secondary N) is 1. The number of nitro groups is 1. The molecule has 0 aromatic heterocycles. The van der Waals surface area contributed by atoms with Crippen molar-refractivity contribution >= 4 is 17.3 Å². The first-order chi connectivity index (χ1) is 14.4. The van der Waals surface area contributed by atoms with E-state index < -0.39 is 10.3 Å². The number of ether oxygens (including phenoxy) is 1. The van der Waals surface area contributed by atoms with E-state index in [9.17, 15) is 20.2 Å². The van der Waals surface area contributed by atoms with Gasteiger partial charge in [0, 0.05) is 18.2 Å². The molecular formula is C23H25N3O4. The fourth-order valence-corrected chi connectivity index (χ4v) is 3.88. The molecule has 7 heteroatoms. The molecule has 1 amide bonds. The summed E-state index contributed by atoms with van der Waals surface area (Å²) in [5, 5.41) is 23.4. The molecule has 1 aliphatic carbocycles. The predicted octanol–water partition coefficient (Wildman–Crippen LogP) is 5.09. The molecular weight excluding hydrogens is 382 g/mol. The topological polar surface area (TPSA) is 105 Å². The molecule has 2 aromatic carbocycles. The maximum absolute atomic E-state index is 13.3. The SMILES string of the molecule is CC[C@H](C)Oc1ccc(NC(=O)C2(c3ccc([N+](=O)[O-])cc3)CCCC2)c(C#N)c1. The lowest BCUT2D eigenvalue weighted by Gasteiger charge is -2.28. The molecule has 0 radical (unpaired) electrons. The summed E-state index contributed by atoms with van der Waals surface area (Å²) >= 11 is 0. The van der Waals surface area contributed by atoms with E-state index >= 15 is 0 Å². The summed E-state index contributed by atoms with van der Waals surface area (Å²) in [5.41, 5.74) is 0.774. The van der Waals surface area contributed by atoms with Gasteiger partial charge in [0.15, 0.2) is 0 Å². The van der Waals surface area contributed by atoms with Crippen LogP contribution in [0.4, 0.5) is 11.4 Å². The highest BCUT2D eigenvalue weighted by atomic mass is 16.6. The molecule has 156 valence electrons. The van der Waals surface area contributed by atoms with Gasteiger partial charge in [-0.3, -0.25) is 14.9 Å². The van der Waals surface area contributed by atoms with Crippen molar-refractivity contribution in [3.05, 3.63) is 63.7 Å². The molecule has 2 aromatic rings. The van der Waals surface area contributed by atoms with Gasteiger partial charge < -0.3 is 10.1 Å². The Hall–Kier alpha value is -3.40. The fraction of sp³-hybridized carbons (Fsp3) is 0.391. The number of nitriles is 1. The molecule has 1 atom stereocenters. The quantitative estimate of drug-likeness (QED) is 0.508. The molecule has 3 rings (SSSR count). The third-order valence-corrected chi connectivity index (χ3v) is 5.79. The number of nitro benzene ring substituents is 1. The molecule has 1 N–H and O–H groups in total. The van der Waals surface area contributed by atoms with Gasteiger partial charge in [-0.05, 0) is 43.9 Å². The summed E-state index contributed by atoms with van der Waals surface area (Å²) in [6.45, 7) is 3.97. The monoisotopic (exact) mass is 407 g/mol. The minimum absolute atomic E-state index is 0.00373. The third kappa shape index (κ3) is 4.28. The van der Waals surface area contributed by atoms with E-state index in [1.54, 1.807) is 30.3 Å². The third-order valence-electron chi connectivity index (χ3n) is 5.79. The first kappa shape index (κ1) is 21.3. The van der Waals surface area contributed by atoms with Crippen LogP contribution in [0.15, 0.2) is 42.5 Å². The maximum Gasteiger partial charge on any atom is 0.269 e. The summed E-state index contributed by atoms with van der Waals surface area (Å²) in [4.78, 5) is 23.9. The van der Waals surface area contributed by atoms with E-state index in [4.69, 9.17) is 4.74 Å². The molecule has 1 aliphatic rings. The van der Waals surface area contributed by atoms with Crippen LogP contribution in [0.2, 0.25) is 0 Å². The van der Waals surface area contributed by atoms with Gasteiger partial charge in [-0.1, -0.05) is 31.9 Å². The van der Waals surface area contributed by atoms with Crippen LogP contribution in [-0.2, 0) is 10.2 Å². The second-order valence-corrected chi connectivity index (χ2v) is 7.70. The maximum atomic E-state index is 13.3. The number of nitrogens with zero attached hydrogens (tertiary/aromatic N) is 2. The number of non-ortho nitro benzene ring substituents is 1. The van der Waals surface area contributed by atoms with E-state index in [0.717, 1.165) is 24.8 Å². The average Bonchev–Trinajstić information content (AvgIpc) is 3.26. The Balaban J connectivity index is 1.87. The van der Waals surface area contributed by atoms with Crippen LogP contribution in [0, 0.1) is 21.4 Å². The van der Waals surface area contributed by atoms with Crippen molar-refractivity contribution in [3.8, 4) is 11.8 Å². The minimum Gasteiger partial charge on any atom is -0.491 e. The summed E-state index contributed by atoms with van der Waals surface area (Å²) in [6, 6.07) is 13.4. The number of hydrogen-bond donors (Lipinski definition) is 1. The predicted molar refractivity (Wildman–Crippen MR) is 113 cm³/mol. The Morgan fingerprint density at radius 1 is 1.27 bits per heavy atom.